The number of hydrogen-bond acceptors (Lipinski definition) is 3. The van der Waals surface area contributed by atoms with Gasteiger partial charge in [0.1, 0.15) is 17.3 Å². The Labute approximate surface area is 198 Å². The summed E-state index contributed by atoms with van der Waals surface area (Å²) in [6.45, 7) is 7.47. The predicted molar refractivity (Wildman–Crippen MR) is 135 cm³/mol. The van der Waals surface area contributed by atoms with E-state index in [0.717, 1.165) is 59.1 Å². The van der Waals surface area contributed by atoms with E-state index in [1.54, 1.807) is 0 Å². The van der Waals surface area contributed by atoms with Crippen molar-refractivity contribution in [2.45, 2.75) is 20.1 Å². The Morgan fingerprint density at radius 1 is 0.903 bits per heavy atom. The first-order chi connectivity index (χ1) is 15.1. The topological polar surface area (TPSA) is 15.7 Å². The van der Waals surface area contributed by atoms with Gasteiger partial charge in [-0.1, -0.05) is 88.3 Å². The van der Waals surface area contributed by atoms with E-state index in [1.807, 2.05) is 12.1 Å². The third kappa shape index (κ3) is 5.94. The fourth-order valence-corrected chi connectivity index (χ4v) is 4.46. The minimum absolute atomic E-state index is 0.530. The van der Waals surface area contributed by atoms with E-state index in [-0.39, 0.29) is 0 Å². The minimum atomic E-state index is 0.530. The lowest BCUT2D eigenvalue weighted by molar-refractivity contribution is 0.177. The molecule has 3 nitrogen and oxygen atoms in total. The highest BCUT2D eigenvalue weighted by Crippen LogP contribution is 2.27. The molecular formula is C26H27BrN2OS. The van der Waals surface area contributed by atoms with Crippen molar-refractivity contribution >= 4 is 33.1 Å². The van der Waals surface area contributed by atoms with Crippen LogP contribution in [-0.4, -0.2) is 41.0 Å². The normalized spacial score (nSPS) is 14.5. The fraction of sp³-hybridized carbons (Fsp3) is 0.269. The SMILES string of the molecule is Cc1ccc(COc2ccc(Br)cc2C(=S)N2CCN(Cc3ccccc3)CC2)cc1. The van der Waals surface area contributed by atoms with E-state index in [9.17, 15) is 0 Å². The molecule has 0 saturated carbocycles. The van der Waals surface area contributed by atoms with Gasteiger partial charge in [0.25, 0.3) is 0 Å². The van der Waals surface area contributed by atoms with Crippen LogP contribution < -0.4 is 4.74 Å². The van der Waals surface area contributed by atoms with Crippen LogP contribution >= 0.6 is 28.1 Å². The van der Waals surface area contributed by atoms with Crippen LogP contribution in [0, 0.1) is 6.92 Å². The van der Waals surface area contributed by atoms with Crippen LogP contribution in [0.25, 0.3) is 0 Å². The van der Waals surface area contributed by atoms with E-state index < -0.39 is 0 Å². The minimum Gasteiger partial charge on any atom is -0.488 e. The van der Waals surface area contributed by atoms with Gasteiger partial charge in [0.15, 0.2) is 0 Å². The second kappa shape index (κ2) is 10.4. The monoisotopic (exact) mass is 494 g/mol. The van der Waals surface area contributed by atoms with Crippen molar-refractivity contribution in [3.05, 3.63) is 99.5 Å². The molecule has 0 unspecified atom stereocenters. The first-order valence-electron chi connectivity index (χ1n) is 10.6. The Morgan fingerprint density at radius 3 is 2.32 bits per heavy atom. The van der Waals surface area contributed by atoms with E-state index in [4.69, 9.17) is 17.0 Å². The predicted octanol–water partition coefficient (Wildman–Crippen LogP) is 5.83. The molecule has 31 heavy (non-hydrogen) atoms. The van der Waals surface area contributed by atoms with Gasteiger partial charge in [-0.3, -0.25) is 4.90 Å². The van der Waals surface area contributed by atoms with Gasteiger partial charge in [-0.2, -0.15) is 0 Å². The molecule has 0 amide bonds. The lowest BCUT2D eigenvalue weighted by Gasteiger charge is -2.36. The Kier molecular flexibility index (Phi) is 7.38. The molecule has 1 aliphatic heterocycles. The molecule has 4 rings (SSSR count). The van der Waals surface area contributed by atoms with Crippen molar-refractivity contribution in [3.8, 4) is 5.75 Å². The molecule has 1 aliphatic rings. The summed E-state index contributed by atoms with van der Waals surface area (Å²) in [4.78, 5) is 5.65. The third-order valence-corrected chi connectivity index (χ3v) is 6.57. The van der Waals surface area contributed by atoms with Gasteiger partial charge in [0, 0.05) is 37.2 Å². The zero-order valence-corrected chi connectivity index (χ0v) is 20.2. The summed E-state index contributed by atoms with van der Waals surface area (Å²) in [5.41, 5.74) is 4.74. The van der Waals surface area contributed by atoms with Gasteiger partial charge in [-0.15, -0.1) is 0 Å². The van der Waals surface area contributed by atoms with Crippen molar-refractivity contribution < 1.29 is 4.74 Å². The maximum absolute atomic E-state index is 6.18. The van der Waals surface area contributed by atoms with Gasteiger partial charge in [0.05, 0.1) is 5.56 Å². The summed E-state index contributed by atoms with van der Waals surface area (Å²) >= 11 is 9.51. The van der Waals surface area contributed by atoms with Crippen molar-refractivity contribution in [2.24, 2.45) is 0 Å². The van der Waals surface area contributed by atoms with Crippen molar-refractivity contribution in [1.82, 2.24) is 9.80 Å². The molecule has 3 aromatic rings. The largest absolute Gasteiger partial charge is 0.488 e. The molecule has 0 aromatic heterocycles. The lowest BCUT2D eigenvalue weighted by atomic mass is 10.1. The average molecular weight is 495 g/mol. The van der Waals surface area contributed by atoms with Crippen LogP contribution in [0.3, 0.4) is 0 Å². The maximum atomic E-state index is 6.18. The highest BCUT2D eigenvalue weighted by Gasteiger charge is 2.22. The third-order valence-electron chi connectivity index (χ3n) is 5.60. The summed E-state index contributed by atoms with van der Waals surface area (Å²) < 4.78 is 7.19. The Bertz CT molecular complexity index is 1020. The molecule has 0 radical (unpaired) electrons. The Balaban J connectivity index is 1.40. The molecule has 1 fully saturated rings. The maximum Gasteiger partial charge on any atom is 0.130 e. The molecular weight excluding hydrogens is 468 g/mol. The van der Waals surface area contributed by atoms with Gasteiger partial charge in [0.2, 0.25) is 0 Å². The van der Waals surface area contributed by atoms with E-state index in [0.29, 0.717) is 6.61 Å². The van der Waals surface area contributed by atoms with Crippen LogP contribution in [0.4, 0.5) is 0 Å². The lowest BCUT2D eigenvalue weighted by Crippen LogP contribution is -2.48. The Morgan fingerprint density at radius 2 is 1.61 bits per heavy atom. The van der Waals surface area contributed by atoms with Crippen LogP contribution in [0.5, 0.6) is 5.75 Å². The van der Waals surface area contributed by atoms with Crippen molar-refractivity contribution in [2.75, 3.05) is 26.2 Å². The highest BCUT2D eigenvalue weighted by atomic mass is 79.9. The van der Waals surface area contributed by atoms with Crippen LogP contribution in [0.2, 0.25) is 0 Å². The number of ether oxygens (including phenoxy) is 1. The molecule has 5 heteroatoms. The number of hydrogen-bond donors (Lipinski definition) is 0. The van der Waals surface area contributed by atoms with E-state index in [2.05, 4.69) is 93.3 Å². The summed E-state index contributed by atoms with van der Waals surface area (Å²) in [5.74, 6) is 0.834. The molecule has 0 aliphatic carbocycles. The molecule has 0 N–H and O–H groups in total. The molecule has 1 saturated heterocycles. The summed E-state index contributed by atoms with van der Waals surface area (Å²) in [5, 5.41) is 0. The first kappa shape index (κ1) is 22.0. The molecule has 160 valence electrons. The number of halogens is 1. The zero-order chi connectivity index (χ0) is 21.6. The Hall–Kier alpha value is -2.21. The number of rotatable bonds is 6. The van der Waals surface area contributed by atoms with E-state index >= 15 is 0 Å². The number of thiocarbonyl (C=S) groups is 1. The van der Waals surface area contributed by atoms with E-state index in [1.165, 1.54) is 11.1 Å². The average Bonchev–Trinajstić information content (AvgIpc) is 2.80. The molecule has 1 heterocycles. The van der Waals surface area contributed by atoms with Crippen LogP contribution in [-0.2, 0) is 13.2 Å². The van der Waals surface area contributed by atoms with Crippen molar-refractivity contribution in [3.63, 3.8) is 0 Å². The number of aryl methyl sites for hydroxylation is 1. The fourth-order valence-electron chi connectivity index (χ4n) is 3.76. The first-order valence-corrected chi connectivity index (χ1v) is 11.8. The van der Waals surface area contributed by atoms with Crippen LogP contribution in [0.15, 0.2) is 77.3 Å². The van der Waals surface area contributed by atoms with Gasteiger partial charge >= 0.3 is 0 Å². The summed E-state index contributed by atoms with van der Waals surface area (Å²) in [6, 6.07) is 25.2. The summed E-state index contributed by atoms with van der Waals surface area (Å²) in [6.07, 6.45) is 0. The molecule has 0 spiro atoms. The smallest absolute Gasteiger partial charge is 0.130 e. The second-order valence-electron chi connectivity index (χ2n) is 7.97. The van der Waals surface area contributed by atoms with Gasteiger partial charge < -0.3 is 9.64 Å². The van der Waals surface area contributed by atoms with Crippen LogP contribution in [0.1, 0.15) is 22.3 Å². The van der Waals surface area contributed by atoms with Gasteiger partial charge in [-0.25, -0.2) is 0 Å². The summed E-state index contributed by atoms with van der Waals surface area (Å²) in [7, 11) is 0. The quantitative estimate of drug-likeness (QED) is 0.400. The van der Waals surface area contributed by atoms with Crippen molar-refractivity contribution in [1.29, 1.82) is 0 Å². The van der Waals surface area contributed by atoms with Gasteiger partial charge in [-0.05, 0) is 36.2 Å². The standard InChI is InChI=1S/C26H27BrN2OS/c1-20-7-9-22(10-8-20)19-30-25-12-11-23(27)17-24(25)26(31)29-15-13-28(14-16-29)18-21-5-3-2-4-6-21/h2-12,17H,13-16,18-19H2,1H3. The molecule has 3 aromatic carbocycles. The second-order valence-corrected chi connectivity index (χ2v) is 9.27. The number of benzene rings is 3. The molecule has 0 bridgehead atoms. The number of nitrogens with zero attached hydrogens (tertiary/aromatic N) is 2. The zero-order valence-electron chi connectivity index (χ0n) is 17.8. The highest BCUT2D eigenvalue weighted by molar-refractivity contribution is 9.10. The number of piperazine rings is 1. The molecule has 0 atom stereocenters.